The highest BCUT2D eigenvalue weighted by atomic mass is 35.5. The number of nitrogens with one attached hydrogen (secondary N) is 1. The SMILES string of the molecule is COc1cccc(-n2cc(-c3ccc(Cl)cc3)nc2NC(=O)CN(CC2CCCO2)C(=O)c2ccc(F)cc2)c1. The third-order valence-electron chi connectivity index (χ3n) is 6.59. The van der Waals surface area contributed by atoms with Crippen LogP contribution in [-0.4, -0.2) is 59.2 Å². The van der Waals surface area contributed by atoms with Gasteiger partial charge in [0.1, 0.15) is 18.1 Å². The van der Waals surface area contributed by atoms with Gasteiger partial charge in [-0.15, -0.1) is 0 Å². The largest absolute Gasteiger partial charge is 0.497 e. The van der Waals surface area contributed by atoms with Gasteiger partial charge in [0.05, 0.1) is 24.6 Å². The normalized spacial score (nSPS) is 14.6. The Labute approximate surface area is 236 Å². The molecule has 2 heterocycles. The van der Waals surface area contributed by atoms with Gasteiger partial charge in [0.2, 0.25) is 11.9 Å². The van der Waals surface area contributed by atoms with Crippen LogP contribution in [0.1, 0.15) is 23.2 Å². The summed E-state index contributed by atoms with van der Waals surface area (Å²) >= 11 is 6.06. The van der Waals surface area contributed by atoms with Crippen LogP contribution in [0.4, 0.5) is 10.3 Å². The Hall–Kier alpha value is -4.21. The van der Waals surface area contributed by atoms with Crippen LogP contribution in [0.5, 0.6) is 5.75 Å². The van der Waals surface area contributed by atoms with E-state index in [9.17, 15) is 14.0 Å². The summed E-state index contributed by atoms with van der Waals surface area (Å²) in [6.07, 6.45) is 3.31. The smallest absolute Gasteiger partial charge is 0.254 e. The maximum atomic E-state index is 13.5. The molecule has 1 N–H and O–H groups in total. The predicted molar refractivity (Wildman–Crippen MR) is 150 cm³/mol. The molecular formula is C30H28ClFN4O4. The summed E-state index contributed by atoms with van der Waals surface area (Å²) < 4.78 is 26.3. The van der Waals surface area contributed by atoms with Gasteiger partial charge in [0.25, 0.3) is 5.91 Å². The number of aromatic nitrogens is 2. The molecule has 1 aliphatic heterocycles. The maximum Gasteiger partial charge on any atom is 0.254 e. The molecule has 8 nitrogen and oxygen atoms in total. The standard InChI is InChI=1S/C30H28ClFN4O4/c1-39-25-5-2-4-24(16-25)36-18-27(20-7-11-22(31)12-8-20)33-30(36)34-28(37)19-35(17-26-6-3-15-40-26)29(38)21-9-13-23(32)14-10-21/h2,4-5,7-14,16,18,26H,3,6,15,17,19H2,1H3,(H,33,34,37). The van der Waals surface area contributed by atoms with Crippen molar-refractivity contribution in [1.29, 1.82) is 0 Å². The molecule has 0 radical (unpaired) electrons. The molecule has 2 amide bonds. The Kier molecular flexibility index (Phi) is 8.42. The third kappa shape index (κ3) is 6.50. The van der Waals surface area contributed by atoms with Crippen molar-refractivity contribution < 1.29 is 23.5 Å². The van der Waals surface area contributed by atoms with E-state index in [0.717, 1.165) is 24.1 Å². The summed E-state index contributed by atoms with van der Waals surface area (Å²) in [5.41, 5.74) is 2.44. The van der Waals surface area contributed by atoms with Crippen LogP contribution in [0.3, 0.4) is 0 Å². The fraction of sp³-hybridized carbons (Fsp3) is 0.233. The lowest BCUT2D eigenvalue weighted by molar-refractivity contribution is -0.117. The Morgan fingerprint density at radius 3 is 2.62 bits per heavy atom. The average molecular weight is 563 g/mol. The van der Waals surface area contributed by atoms with Gasteiger partial charge in [-0.3, -0.25) is 19.5 Å². The van der Waals surface area contributed by atoms with Crippen molar-refractivity contribution in [2.45, 2.75) is 18.9 Å². The van der Waals surface area contributed by atoms with Gasteiger partial charge < -0.3 is 14.4 Å². The molecule has 10 heteroatoms. The molecule has 1 aliphatic rings. The fourth-order valence-electron chi connectivity index (χ4n) is 4.55. The molecule has 40 heavy (non-hydrogen) atoms. The van der Waals surface area contributed by atoms with E-state index in [-0.39, 0.29) is 36.6 Å². The number of hydrogen-bond donors (Lipinski definition) is 1. The van der Waals surface area contributed by atoms with Crippen LogP contribution < -0.4 is 10.1 Å². The number of halogens is 2. The number of anilines is 1. The summed E-state index contributed by atoms with van der Waals surface area (Å²) in [5, 5.41) is 3.47. The van der Waals surface area contributed by atoms with Crippen LogP contribution >= 0.6 is 11.6 Å². The van der Waals surface area contributed by atoms with Crippen LogP contribution in [0.15, 0.2) is 79.0 Å². The minimum absolute atomic E-state index is 0.174. The molecule has 0 aliphatic carbocycles. The van der Waals surface area contributed by atoms with Gasteiger partial charge in [0.15, 0.2) is 0 Å². The van der Waals surface area contributed by atoms with Crippen molar-refractivity contribution in [3.05, 3.63) is 95.4 Å². The zero-order chi connectivity index (χ0) is 28.1. The lowest BCUT2D eigenvalue weighted by Crippen LogP contribution is -2.42. The second-order valence-electron chi connectivity index (χ2n) is 9.40. The molecule has 1 atom stereocenters. The van der Waals surface area contributed by atoms with Crippen LogP contribution in [0, 0.1) is 5.82 Å². The fourth-order valence-corrected chi connectivity index (χ4v) is 4.68. The maximum absolute atomic E-state index is 13.5. The molecular weight excluding hydrogens is 535 g/mol. The summed E-state index contributed by atoms with van der Waals surface area (Å²) in [6, 6.07) is 19.8. The molecule has 0 spiro atoms. The number of ether oxygens (including phenoxy) is 2. The number of amides is 2. The quantitative estimate of drug-likeness (QED) is 0.287. The molecule has 1 saturated heterocycles. The van der Waals surface area contributed by atoms with Crippen molar-refractivity contribution in [3.63, 3.8) is 0 Å². The molecule has 0 saturated carbocycles. The Morgan fingerprint density at radius 2 is 1.93 bits per heavy atom. The zero-order valence-corrected chi connectivity index (χ0v) is 22.6. The summed E-state index contributed by atoms with van der Waals surface area (Å²) in [4.78, 5) is 32.8. The zero-order valence-electron chi connectivity index (χ0n) is 21.8. The highest BCUT2D eigenvalue weighted by Gasteiger charge is 2.26. The Morgan fingerprint density at radius 1 is 1.15 bits per heavy atom. The Bertz CT molecular complexity index is 1480. The van der Waals surface area contributed by atoms with Gasteiger partial charge in [0, 0.05) is 41.6 Å². The summed E-state index contributed by atoms with van der Waals surface area (Å²) in [5.74, 6) is -0.353. The lowest BCUT2D eigenvalue weighted by Gasteiger charge is -2.25. The molecule has 0 bridgehead atoms. The average Bonchev–Trinajstić information content (AvgIpc) is 3.63. The number of imidazole rings is 1. The van der Waals surface area contributed by atoms with E-state index in [1.54, 1.807) is 30.0 Å². The second-order valence-corrected chi connectivity index (χ2v) is 9.84. The minimum Gasteiger partial charge on any atom is -0.497 e. The molecule has 1 unspecified atom stereocenters. The van der Waals surface area contributed by atoms with Crippen molar-refractivity contribution in [2.75, 3.05) is 32.1 Å². The lowest BCUT2D eigenvalue weighted by atomic mass is 10.1. The molecule has 1 aromatic heterocycles. The van der Waals surface area contributed by atoms with Gasteiger partial charge >= 0.3 is 0 Å². The number of nitrogens with zero attached hydrogens (tertiary/aromatic N) is 3. The highest BCUT2D eigenvalue weighted by molar-refractivity contribution is 6.30. The number of benzene rings is 3. The molecule has 206 valence electrons. The van der Waals surface area contributed by atoms with Crippen LogP contribution in [0.2, 0.25) is 5.02 Å². The molecule has 1 fully saturated rings. The first-order chi connectivity index (χ1) is 19.4. The first kappa shape index (κ1) is 27.4. The first-order valence-electron chi connectivity index (χ1n) is 12.9. The van der Waals surface area contributed by atoms with E-state index in [1.165, 1.54) is 29.2 Å². The molecule has 5 rings (SSSR count). The van der Waals surface area contributed by atoms with Gasteiger partial charge in [-0.1, -0.05) is 29.8 Å². The van der Waals surface area contributed by atoms with Crippen molar-refractivity contribution in [1.82, 2.24) is 14.5 Å². The monoisotopic (exact) mass is 562 g/mol. The first-order valence-corrected chi connectivity index (χ1v) is 13.2. The van der Waals surface area contributed by atoms with Crippen LogP contribution in [0.25, 0.3) is 16.9 Å². The second kappa shape index (κ2) is 12.3. The minimum atomic E-state index is -0.444. The topological polar surface area (TPSA) is 85.7 Å². The van der Waals surface area contributed by atoms with E-state index in [1.807, 2.05) is 36.4 Å². The van der Waals surface area contributed by atoms with E-state index < -0.39 is 11.7 Å². The number of carbonyl (C=O) groups excluding carboxylic acids is 2. The van der Waals surface area contributed by atoms with E-state index in [0.29, 0.717) is 23.1 Å². The predicted octanol–water partition coefficient (Wildman–Crippen LogP) is 5.60. The van der Waals surface area contributed by atoms with Crippen molar-refractivity contribution >= 4 is 29.4 Å². The van der Waals surface area contributed by atoms with E-state index >= 15 is 0 Å². The van der Waals surface area contributed by atoms with E-state index in [4.69, 9.17) is 21.1 Å². The Balaban J connectivity index is 1.42. The number of rotatable bonds is 9. The number of methoxy groups -OCH3 is 1. The van der Waals surface area contributed by atoms with E-state index in [2.05, 4.69) is 10.3 Å². The summed E-state index contributed by atoms with van der Waals surface area (Å²) in [7, 11) is 1.58. The highest BCUT2D eigenvalue weighted by Crippen LogP contribution is 2.27. The van der Waals surface area contributed by atoms with Crippen LogP contribution in [-0.2, 0) is 9.53 Å². The molecule has 4 aromatic rings. The summed E-state index contributed by atoms with van der Waals surface area (Å²) in [6.45, 7) is 0.613. The third-order valence-corrected chi connectivity index (χ3v) is 6.84. The van der Waals surface area contributed by atoms with Crippen molar-refractivity contribution in [2.24, 2.45) is 0 Å². The van der Waals surface area contributed by atoms with Gasteiger partial charge in [-0.2, -0.15) is 0 Å². The number of hydrogen-bond acceptors (Lipinski definition) is 5. The van der Waals surface area contributed by atoms with Gasteiger partial charge in [-0.05, 0) is 61.4 Å². The number of carbonyl (C=O) groups is 2. The molecule has 3 aromatic carbocycles. The van der Waals surface area contributed by atoms with Gasteiger partial charge in [-0.25, -0.2) is 9.37 Å². The van der Waals surface area contributed by atoms with Crippen molar-refractivity contribution in [3.8, 4) is 22.7 Å².